The summed E-state index contributed by atoms with van der Waals surface area (Å²) in [5.41, 5.74) is 1.74. The molecule has 0 aliphatic carbocycles. The number of hydrogen-bond acceptors (Lipinski definition) is 4. The predicted octanol–water partition coefficient (Wildman–Crippen LogP) is 2.39. The van der Waals surface area contributed by atoms with Gasteiger partial charge >= 0.3 is 0 Å². The maximum atomic E-state index is 11.4. The van der Waals surface area contributed by atoms with Crippen LogP contribution in [0.2, 0.25) is 0 Å². The van der Waals surface area contributed by atoms with Crippen molar-refractivity contribution in [2.75, 3.05) is 5.32 Å². The number of hydrogen-bond donors (Lipinski definition) is 1. The van der Waals surface area contributed by atoms with E-state index in [2.05, 4.69) is 10.2 Å². The number of carbonyl (C=O) groups excluding carboxylic acids is 1. The summed E-state index contributed by atoms with van der Waals surface area (Å²) in [6.07, 6.45) is 3.02. The monoisotopic (exact) mass is 250 g/mol. The van der Waals surface area contributed by atoms with Gasteiger partial charge in [0, 0.05) is 5.69 Å². The van der Waals surface area contributed by atoms with Crippen molar-refractivity contribution in [3.63, 3.8) is 0 Å². The van der Waals surface area contributed by atoms with Gasteiger partial charge in [-0.25, -0.2) is 0 Å². The molecular formula is C12H14N2O4. The lowest BCUT2D eigenvalue weighted by molar-refractivity contribution is -0.711. The van der Waals surface area contributed by atoms with E-state index in [1.807, 2.05) is 0 Å². The van der Waals surface area contributed by atoms with Crippen molar-refractivity contribution in [1.29, 1.82) is 0 Å². The Balaban J connectivity index is 2.99. The topological polar surface area (TPSA) is 81.5 Å². The summed E-state index contributed by atoms with van der Waals surface area (Å²) in [7, 11) is 0. The van der Waals surface area contributed by atoms with Crippen LogP contribution in [0.5, 0.6) is 5.75 Å². The van der Waals surface area contributed by atoms with Crippen LogP contribution in [0.15, 0.2) is 24.3 Å². The Kier molecular flexibility index (Phi) is 4.42. The van der Waals surface area contributed by atoms with Gasteiger partial charge in [-0.3, -0.25) is 9.63 Å². The van der Waals surface area contributed by atoms with E-state index in [1.54, 1.807) is 39.0 Å². The van der Waals surface area contributed by atoms with Gasteiger partial charge in [-0.1, -0.05) is 6.08 Å². The molecule has 6 heteroatoms. The molecule has 1 aromatic rings. The first-order valence-corrected chi connectivity index (χ1v) is 5.31. The average Bonchev–Trinajstić information content (AvgIpc) is 2.23. The van der Waals surface area contributed by atoms with Crippen molar-refractivity contribution in [2.24, 2.45) is 0 Å². The van der Waals surface area contributed by atoms with Crippen LogP contribution < -0.4 is 10.2 Å². The van der Waals surface area contributed by atoms with E-state index in [1.165, 1.54) is 6.08 Å². The molecule has 0 saturated carbocycles. The molecule has 0 aliphatic rings. The van der Waals surface area contributed by atoms with Gasteiger partial charge in [-0.15, -0.1) is 10.1 Å². The van der Waals surface area contributed by atoms with Crippen LogP contribution in [-0.2, 0) is 4.79 Å². The highest BCUT2D eigenvalue weighted by Gasteiger charge is 2.10. The Hall–Kier alpha value is -2.37. The minimum atomic E-state index is -0.854. The summed E-state index contributed by atoms with van der Waals surface area (Å²) in [6, 6.07) is 3.24. The van der Waals surface area contributed by atoms with E-state index < -0.39 is 5.09 Å². The maximum absolute atomic E-state index is 11.4. The van der Waals surface area contributed by atoms with Gasteiger partial charge < -0.3 is 5.32 Å². The highest BCUT2D eigenvalue weighted by atomic mass is 17.0. The third-order valence-electron chi connectivity index (χ3n) is 2.21. The van der Waals surface area contributed by atoms with Crippen LogP contribution in [0, 0.1) is 24.0 Å². The van der Waals surface area contributed by atoms with Gasteiger partial charge in [-0.05, 0) is 50.1 Å². The van der Waals surface area contributed by atoms with Gasteiger partial charge in [0.25, 0.3) is 5.09 Å². The predicted molar refractivity (Wildman–Crippen MR) is 67.0 cm³/mol. The standard InChI is InChI=1S/C12H14N2O4/c1-4-5-11(15)13-10-6-8(2)12(9(3)7-10)18-14(16)17/h4-7H,1-3H3,(H,13,15)/b5-4+. The molecule has 0 bridgehead atoms. The van der Waals surface area contributed by atoms with Gasteiger partial charge in [0.1, 0.15) is 5.75 Å². The molecule has 6 nitrogen and oxygen atoms in total. The quantitative estimate of drug-likeness (QED) is 0.505. The molecule has 18 heavy (non-hydrogen) atoms. The summed E-state index contributed by atoms with van der Waals surface area (Å²) >= 11 is 0. The van der Waals surface area contributed by atoms with Crippen molar-refractivity contribution < 1.29 is 14.7 Å². The third kappa shape index (κ3) is 3.58. The highest BCUT2D eigenvalue weighted by Crippen LogP contribution is 2.27. The molecule has 1 amide bonds. The summed E-state index contributed by atoms with van der Waals surface area (Å²) < 4.78 is 0. The molecule has 0 aliphatic heterocycles. The zero-order valence-corrected chi connectivity index (χ0v) is 10.4. The van der Waals surface area contributed by atoms with E-state index in [0.29, 0.717) is 16.8 Å². The molecule has 1 aromatic carbocycles. The number of anilines is 1. The first kappa shape index (κ1) is 13.7. The summed E-state index contributed by atoms with van der Waals surface area (Å²) in [4.78, 5) is 26.2. The van der Waals surface area contributed by atoms with Crippen LogP contribution in [0.1, 0.15) is 18.1 Å². The minimum absolute atomic E-state index is 0.198. The summed E-state index contributed by atoms with van der Waals surface area (Å²) in [6.45, 7) is 5.10. The van der Waals surface area contributed by atoms with Crippen LogP contribution >= 0.6 is 0 Å². The molecule has 0 aromatic heterocycles. The second-order valence-corrected chi connectivity index (χ2v) is 3.74. The highest BCUT2D eigenvalue weighted by molar-refractivity contribution is 5.99. The molecule has 0 saturated heterocycles. The second kappa shape index (κ2) is 5.81. The Bertz CT molecular complexity index is 486. The van der Waals surface area contributed by atoms with Crippen molar-refractivity contribution >= 4 is 11.6 Å². The lowest BCUT2D eigenvalue weighted by atomic mass is 10.1. The molecule has 0 fully saturated rings. The smallest absolute Gasteiger partial charge is 0.299 e. The van der Waals surface area contributed by atoms with Gasteiger partial charge in [0.2, 0.25) is 5.91 Å². The lowest BCUT2D eigenvalue weighted by Gasteiger charge is -2.10. The zero-order chi connectivity index (χ0) is 13.7. The van der Waals surface area contributed by atoms with Crippen molar-refractivity contribution in [3.8, 4) is 5.75 Å². The fourth-order valence-electron chi connectivity index (χ4n) is 1.58. The normalized spacial score (nSPS) is 10.4. The van der Waals surface area contributed by atoms with Crippen LogP contribution in [0.25, 0.3) is 0 Å². The molecule has 1 rings (SSSR count). The Morgan fingerprint density at radius 1 is 1.39 bits per heavy atom. The number of carbonyl (C=O) groups is 1. The van der Waals surface area contributed by atoms with Gasteiger partial charge in [0.15, 0.2) is 0 Å². The largest absolute Gasteiger partial charge is 0.323 e. The molecule has 0 unspecified atom stereocenters. The average molecular weight is 250 g/mol. The molecule has 0 heterocycles. The minimum Gasteiger partial charge on any atom is -0.323 e. The molecule has 0 atom stereocenters. The zero-order valence-electron chi connectivity index (χ0n) is 10.4. The number of aryl methyl sites for hydroxylation is 2. The van der Waals surface area contributed by atoms with E-state index in [9.17, 15) is 14.9 Å². The Morgan fingerprint density at radius 3 is 2.39 bits per heavy atom. The second-order valence-electron chi connectivity index (χ2n) is 3.74. The summed E-state index contributed by atoms with van der Waals surface area (Å²) in [5.74, 6) is -0.0525. The number of allylic oxidation sites excluding steroid dienone is 1. The molecule has 0 spiro atoms. The van der Waals surface area contributed by atoms with E-state index >= 15 is 0 Å². The molecular weight excluding hydrogens is 236 g/mol. The van der Waals surface area contributed by atoms with E-state index in [-0.39, 0.29) is 11.7 Å². The van der Waals surface area contributed by atoms with Crippen molar-refractivity contribution in [1.82, 2.24) is 0 Å². The first-order chi connectivity index (χ1) is 8.43. The molecule has 0 radical (unpaired) electrons. The Labute approximate surface area is 104 Å². The Morgan fingerprint density at radius 2 is 1.94 bits per heavy atom. The van der Waals surface area contributed by atoms with E-state index in [4.69, 9.17) is 0 Å². The van der Waals surface area contributed by atoms with Crippen LogP contribution in [0.3, 0.4) is 0 Å². The van der Waals surface area contributed by atoms with Crippen LogP contribution in [-0.4, -0.2) is 11.0 Å². The molecule has 1 N–H and O–H groups in total. The number of amides is 1. The molecule has 96 valence electrons. The number of rotatable bonds is 4. The SMILES string of the molecule is C/C=C/C(=O)Nc1cc(C)c(O[N+](=O)[O-])c(C)c1. The number of benzene rings is 1. The third-order valence-corrected chi connectivity index (χ3v) is 2.21. The fourth-order valence-corrected chi connectivity index (χ4v) is 1.58. The first-order valence-electron chi connectivity index (χ1n) is 5.31. The fraction of sp³-hybridized carbons (Fsp3) is 0.250. The number of nitrogens with zero attached hydrogens (tertiary/aromatic N) is 1. The van der Waals surface area contributed by atoms with Crippen LogP contribution in [0.4, 0.5) is 5.69 Å². The summed E-state index contributed by atoms with van der Waals surface area (Å²) in [5, 5.41) is 12.1. The van der Waals surface area contributed by atoms with E-state index in [0.717, 1.165) is 0 Å². The lowest BCUT2D eigenvalue weighted by Crippen LogP contribution is -2.10. The maximum Gasteiger partial charge on any atom is 0.299 e. The van der Waals surface area contributed by atoms with Crippen molar-refractivity contribution in [2.45, 2.75) is 20.8 Å². The van der Waals surface area contributed by atoms with Gasteiger partial charge in [0.05, 0.1) is 0 Å². The van der Waals surface area contributed by atoms with Crippen molar-refractivity contribution in [3.05, 3.63) is 45.5 Å². The van der Waals surface area contributed by atoms with Gasteiger partial charge in [-0.2, -0.15) is 0 Å². The number of nitrogens with one attached hydrogen (secondary N) is 1.